The molecule has 0 spiro atoms. The lowest BCUT2D eigenvalue weighted by atomic mass is 9.68. The summed E-state index contributed by atoms with van der Waals surface area (Å²) in [5.41, 5.74) is 7.46. The average Bonchev–Trinajstić information content (AvgIpc) is 2.27. The fraction of sp³-hybridized carbons (Fsp3) is 0.571. The number of rotatable bonds is 4. The minimum absolute atomic E-state index is 0.221. The Morgan fingerprint density at radius 2 is 1.94 bits per heavy atom. The Morgan fingerprint density at radius 1 is 1.35 bits per heavy atom. The largest absolute Gasteiger partial charge is 0.329 e. The molecule has 2 nitrogen and oxygen atoms in total. The second-order valence-electron chi connectivity index (χ2n) is 5.42. The fourth-order valence-electron chi connectivity index (χ4n) is 2.90. The van der Waals surface area contributed by atoms with Crippen LogP contribution in [0.2, 0.25) is 5.02 Å². The maximum absolute atomic E-state index is 5.95. The number of hydrogen-bond acceptors (Lipinski definition) is 2. The Bertz CT molecular complexity index is 368. The molecular formula is C14H21ClN2. The maximum Gasteiger partial charge on any atom is 0.0406 e. The minimum atomic E-state index is 0.221. The Kier molecular flexibility index (Phi) is 3.76. The molecule has 2 rings (SSSR count). The van der Waals surface area contributed by atoms with E-state index in [9.17, 15) is 0 Å². The summed E-state index contributed by atoms with van der Waals surface area (Å²) in [4.78, 5) is 2.40. The molecule has 0 heterocycles. The van der Waals surface area contributed by atoms with Gasteiger partial charge in [-0.15, -0.1) is 0 Å². The van der Waals surface area contributed by atoms with Crippen molar-refractivity contribution in [3.05, 3.63) is 34.9 Å². The summed E-state index contributed by atoms with van der Waals surface area (Å²) in [6.45, 7) is 3.99. The van der Waals surface area contributed by atoms with Gasteiger partial charge in [-0.25, -0.2) is 0 Å². The zero-order chi connectivity index (χ0) is 12.5. The number of nitrogens with zero attached hydrogens (tertiary/aromatic N) is 1. The monoisotopic (exact) mass is 252 g/mol. The van der Waals surface area contributed by atoms with E-state index in [1.54, 1.807) is 0 Å². The van der Waals surface area contributed by atoms with Gasteiger partial charge in [-0.05, 0) is 43.5 Å². The van der Waals surface area contributed by atoms with Crippen molar-refractivity contribution in [2.75, 3.05) is 13.6 Å². The molecule has 0 radical (unpaired) electrons. The molecule has 0 bridgehead atoms. The van der Waals surface area contributed by atoms with Gasteiger partial charge < -0.3 is 5.73 Å². The molecule has 1 aromatic rings. The van der Waals surface area contributed by atoms with Crippen LogP contribution in [0.3, 0.4) is 0 Å². The van der Waals surface area contributed by atoms with Crippen LogP contribution < -0.4 is 5.73 Å². The molecule has 0 unspecified atom stereocenters. The first kappa shape index (κ1) is 12.9. The van der Waals surface area contributed by atoms with Gasteiger partial charge in [0, 0.05) is 23.7 Å². The second kappa shape index (κ2) is 4.97. The Labute approximate surface area is 109 Å². The molecule has 0 atom stereocenters. The zero-order valence-corrected chi connectivity index (χ0v) is 11.4. The zero-order valence-electron chi connectivity index (χ0n) is 10.6. The Morgan fingerprint density at radius 3 is 2.41 bits per heavy atom. The molecule has 0 aliphatic heterocycles. The first-order chi connectivity index (χ1) is 8.05. The third-order valence-corrected chi connectivity index (χ3v) is 4.23. The van der Waals surface area contributed by atoms with E-state index in [-0.39, 0.29) is 5.54 Å². The fourth-order valence-corrected chi connectivity index (χ4v) is 3.03. The molecule has 3 heteroatoms. The van der Waals surface area contributed by atoms with Gasteiger partial charge in [0.25, 0.3) is 0 Å². The molecule has 2 N–H and O–H groups in total. The van der Waals surface area contributed by atoms with Gasteiger partial charge in [0.15, 0.2) is 0 Å². The first-order valence-corrected chi connectivity index (χ1v) is 6.59. The van der Waals surface area contributed by atoms with Crippen LogP contribution in [0.5, 0.6) is 0 Å². The highest BCUT2D eigenvalue weighted by Crippen LogP contribution is 2.41. The Balaban J connectivity index is 2.01. The number of likely N-dealkylation sites (N-methyl/N-ethyl adjacent to an activating group) is 1. The maximum atomic E-state index is 5.95. The van der Waals surface area contributed by atoms with Gasteiger partial charge in [0.1, 0.15) is 0 Å². The topological polar surface area (TPSA) is 29.3 Å². The molecule has 0 amide bonds. The number of nitrogens with two attached hydrogens (primary N) is 1. The third kappa shape index (κ3) is 2.65. The van der Waals surface area contributed by atoms with Gasteiger partial charge >= 0.3 is 0 Å². The normalized spacial score (nSPS) is 28.2. The highest BCUT2D eigenvalue weighted by atomic mass is 35.5. The van der Waals surface area contributed by atoms with E-state index >= 15 is 0 Å². The van der Waals surface area contributed by atoms with Crippen LogP contribution in [-0.2, 0) is 6.54 Å². The molecule has 1 aliphatic rings. The molecule has 1 aromatic carbocycles. The summed E-state index contributed by atoms with van der Waals surface area (Å²) in [5, 5.41) is 0.794. The van der Waals surface area contributed by atoms with Crippen molar-refractivity contribution < 1.29 is 0 Å². The average molecular weight is 253 g/mol. The van der Waals surface area contributed by atoms with Crippen LogP contribution in [0.15, 0.2) is 24.3 Å². The lowest BCUT2D eigenvalue weighted by Crippen LogP contribution is -2.59. The summed E-state index contributed by atoms with van der Waals surface area (Å²) in [5.74, 6) is 0.811. The number of hydrogen-bond donors (Lipinski definition) is 1. The van der Waals surface area contributed by atoms with Crippen LogP contribution in [-0.4, -0.2) is 24.0 Å². The Hall–Kier alpha value is -0.570. The van der Waals surface area contributed by atoms with Crippen LogP contribution >= 0.6 is 11.6 Å². The van der Waals surface area contributed by atoms with E-state index in [1.807, 2.05) is 12.1 Å². The molecular weight excluding hydrogens is 232 g/mol. The highest BCUT2D eigenvalue weighted by molar-refractivity contribution is 6.30. The van der Waals surface area contributed by atoms with Crippen molar-refractivity contribution in [2.24, 2.45) is 11.7 Å². The van der Waals surface area contributed by atoms with Crippen molar-refractivity contribution >= 4 is 11.6 Å². The van der Waals surface area contributed by atoms with Crippen molar-refractivity contribution in [1.82, 2.24) is 4.90 Å². The summed E-state index contributed by atoms with van der Waals surface area (Å²) in [7, 11) is 2.17. The van der Waals surface area contributed by atoms with Crippen molar-refractivity contribution in [3.8, 4) is 0 Å². The molecule has 94 valence electrons. The highest BCUT2D eigenvalue weighted by Gasteiger charge is 2.43. The van der Waals surface area contributed by atoms with E-state index in [0.29, 0.717) is 0 Å². The molecule has 17 heavy (non-hydrogen) atoms. The van der Waals surface area contributed by atoms with E-state index in [1.165, 1.54) is 18.4 Å². The van der Waals surface area contributed by atoms with E-state index in [2.05, 4.69) is 31.0 Å². The first-order valence-electron chi connectivity index (χ1n) is 6.21. The molecule has 1 fully saturated rings. The van der Waals surface area contributed by atoms with E-state index < -0.39 is 0 Å². The van der Waals surface area contributed by atoms with Crippen molar-refractivity contribution in [3.63, 3.8) is 0 Å². The summed E-state index contributed by atoms with van der Waals surface area (Å²) < 4.78 is 0. The smallest absolute Gasteiger partial charge is 0.0406 e. The lowest BCUT2D eigenvalue weighted by Gasteiger charge is -2.52. The van der Waals surface area contributed by atoms with Gasteiger partial charge in [-0.2, -0.15) is 0 Å². The predicted molar refractivity (Wildman–Crippen MR) is 73.1 cm³/mol. The van der Waals surface area contributed by atoms with E-state index in [0.717, 1.165) is 24.0 Å². The van der Waals surface area contributed by atoms with Gasteiger partial charge in [-0.3, -0.25) is 4.90 Å². The molecule has 0 saturated heterocycles. The molecule has 0 aromatic heterocycles. The van der Waals surface area contributed by atoms with Gasteiger partial charge in [0.2, 0.25) is 0 Å². The summed E-state index contributed by atoms with van der Waals surface area (Å²) in [6, 6.07) is 8.07. The van der Waals surface area contributed by atoms with Crippen LogP contribution in [0.1, 0.15) is 25.3 Å². The third-order valence-electron chi connectivity index (χ3n) is 3.98. The SMILES string of the molecule is CC1CC(CN)(N(C)Cc2ccc(Cl)cc2)C1. The number of benzene rings is 1. The van der Waals surface area contributed by atoms with Gasteiger partial charge in [-0.1, -0.05) is 30.7 Å². The summed E-state index contributed by atoms with van der Waals surface area (Å²) in [6.07, 6.45) is 2.43. The second-order valence-corrected chi connectivity index (χ2v) is 5.86. The molecule has 1 saturated carbocycles. The predicted octanol–water partition coefficient (Wildman–Crippen LogP) is 2.90. The number of halogens is 1. The quantitative estimate of drug-likeness (QED) is 0.893. The van der Waals surface area contributed by atoms with Crippen molar-refractivity contribution in [2.45, 2.75) is 31.8 Å². The van der Waals surface area contributed by atoms with Crippen LogP contribution in [0.4, 0.5) is 0 Å². The standard InChI is InChI=1S/C14H21ClN2/c1-11-7-14(8-11,10-16)17(2)9-12-3-5-13(15)6-4-12/h3-6,11H,7-10,16H2,1-2H3. The van der Waals surface area contributed by atoms with Crippen LogP contribution in [0, 0.1) is 5.92 Å². The van der Waals surface area contributed by atoms with E-state index in [4.69, 9.17) is 17.3 Å². The minimum Gasteiger partial charge on any atom is -0.329 e. The molecule has 1 aliphatic carbocycles. The van der Waals surface area contributed by atoms with Crippen LogP contribution in [0.25, 0.3) is 0 Å². The summed E-state index contributed by atoms with van der Waals surface area (Å²) >= 11 is 5.89. The van der Waals surface area contributed by atoms with Crippen molar-refractivity contribution in [1.29, 1.82) is 0 Å². The lowest BCUT2D eigenvalue weighted by molar-refractivity contribution is 0.000283. The van der Waals surface area contributed by atoms with Gasteiger partial charge in [0.05, 0.1) is 0 Å².